The lowest BCUT2D eigenvalue weighted by Crippen LogP contribution is -2.68. The molecule has 3 unspecified atom stereocenters. The van der Waals surface area contributed by atoms with E-state index in [4.69, 9.17) is 47.4 Å². The van der Waals surface area contributed by atoms with Gasteiger partial charge in [0, 0.05) is 12.3 Å². The molecule has 0 aromatic carbocycles. The molecule has 10 fully saturated rings. The van der Waals surface area contributed by atoms with Gasteiger partial charge in [-0.3, -0.25) is 0 Å². The molecule has 10 aliphatic rings. The van der Waals surface area contributed by atoms with Gasteiger partial charge in [-0.1, -0.05) is 27.7 Å². The van der Waals surface area contributed by atoms with Crippen molar-refractivity contribution in [3.63, 3.8) is 0 Å². The van der Waals surface area contributed by atoms with E-state index in [1.54, 1.807) is 0 Å². The summed E-state index contributed by atoms with van der Waals surface area (Å²) in [6.07, 6.45) is -19.6. The Kier molecular flexibility index (Phi) is 15.7. The maximum Gasteiger partial charge on any atom is 0.187 e. The Hall–Kier alpha value is -0.880. The van der Waals surface area contributed by atoms with Crippen molar-refractivity contribution in [3.05, 3.63) is 0 Å². The van der Waals surface area contributed by atoms with Crippen LogP contribution in [-0.4, -0.2) is 229 Å². The smallest absolute Gasteiger partial charge is 0.187 e. The number of hydrogen-bond donors (Lipinski definition) is 12. The molecule has 0 radical (unpaired) electrons. The van der Waals surface area contributed by atoms with Gasteiger partial charge in [-0.2, -0.15) is 0 Å². The van der Waals surface area contributed by atoms with E-state index >= 15 is 0 Å². The number of ether oxygens (including phenoxy) is 10. The van der Waals surface area contributed by atoms with Crippen LogP contribution < -0.4 is 0 Å². The minimum Gasteiger partial charge on any atom is -0.394 e. The molecule has 4 aliphatic carbocycles. The van der Waals surface area contributed by atoms with Crippen molar-refractivity contribution < 1.29 is 109 Å². The molecule has 22 heteroatoms. The van der Waals surface area contributed by atoms with Gasteiger partial charge in [-0.05, 0) is 104 Å². The molecule has 0 bridgehead atoms. The van der Waals surface area contributed by atoms with Crippen molar-refractivity contribution in [2.45, 2.75) is 220 Å². The van der Waals surface area contributed by atoms with Crippen molar-refractivity contribution in [1.82, 2.24) is 0 Å². The molecule has 6 saturated heterocycles. The van der Waals surface area contributed by atoms with Gasteiger partial charge in [0.1, 0.15) is 85.0 Å². The zero-order chi connectivity index (χ0) is 51.4. The van der Waals surface area contributed by atoms with Crippen LogP contribution in [0, 0.1) is 52.3 Å². The Labute approximate surface area is 419 Å². The molecule has 414 valence electrons. The van der Waals surface area contributed by atoms with Crippen LogP contribution in [0.2, 0.25) is 0 Å². The molecule has 72 heavy (non-hydrogen) atoms. The number of aliphatic hydroxyl groups is 12. The summed E-state index contributed by atoms with van der Waals surface area (Å²) in [4.78, 5) is 0. The summed E-state index contributed by atoms with van der Waals surface area (Å²) < 4.78 is 61.9. The first kappa shape index (κ1) is 54.5. The van der Waals surface area contributed by atoms with E-state index in [1.807, 2.05) is 0 Å². The second-order valence-corrected chi connectivity index (χ2v) is 24.0. The third-order valence-electron chi connectivity index (χ3n) is 20.1. The highest BCUT2D eigenvalue weighted by molar-refractivity contribution is 5.16. The lowest BCUT2D eigenvalue weighted by molar-refractivity contribution is -0.399. The molecular weight excluding hydrogens is 953 g/mol. The third-order valence-corrected chi connectivity index (χ3v) is 20.1. The number of fused-ring (bicyclic) bond motifs is 7. The molecule has 30 atom stereocenters. The number of hydrogen-bond acceptors (Lipinski definition) is 22. The van der Waals surface area contributed by atoms with Gasteiger partial charge < -0.3 is 109 Å². The zero-order valence-corrected chi connectivity index (χ0v) is 41.8. The van der Waals surface area contributed by atoms with Crippen LogP contribution >= 0.6 is 0 Å². The van der Waals surface area contributed by atoms with E-state index in [0.29, 0.717) is 48.3 Å². The normalized spacial score (nSPS) is 57.7. The lowest BCUT2D eigenvalue weighted by atomic mass is 9.44. The predicted molar refractivity (Wildman–Crippen MR) is 242 cm³/mol. The summed E-state index contributed by atoms with van der Waals surface area (Å²) in [6, 6.07) is 0. The zero-order valence-electron chi connectivity index (χ0n) is 41.8. The first-order valence-corrected chi connectivity index (χ1v) is 26.7. The topological polar surface area (TPSA) is 335 Å². The minimum absolute atomic E-state index is 0.0232. The monoisotopic (exact) mass is 1030 g/mol. The van der Waals surface area contributed by atoms with E-state index in [0.717, 1.165) is 58.0 Å². The molecule has 10 rings (SSSR count). The van der Waals surface area contributed by atoms with Gasteiger partial charge in [0.25, 0.3) is 0 Å². The predicted octanol–water partition coefficient (Wildman–Crippen LogP) is -2.27. The first-order chi connectivity index (χ1) is 34.2. The maximum atomic E-state index is 11.8. The van der Waals surface area contributed by atoms with E-state index in [2.05, 4.69) is 27.7 Å². The van der Waals surface area contributed by atoms with Crippen LogP contribution in [-0.2, 0) is 47.4 Å². The fraction of sp³-hybridized carbons (Fsp3) is 1.00. The van der Waals surface area contributed by atoms with Crippen LogP contribution in [0.5, 0.6) is 0 Å². The van der Waals surface area contributed by atoms with Gasteiger partial charge in [-0.15, -0.1) is 0 Å². The maximum absolute atomic E-state index is 11.8. The largest absolute Gasteiger partial charge is 0.394 e. The highest BCUT2D eigenvalue weighted by Crippen LogP contribution is 2.71. The minimum atomic E-state index is -2.09. The van der Waals surface area contributed by atoms with Crippen LogP contribution in [0.3, 0.4) is 0 Å². The van der Waals surface area contributed by atoms with Gasteiger partial charge in [0.05, 0.1) is 51.8 Å². The van der Waals surface area contributed by atoms with Crippen LogP contribution in [0.15, 0.2) is 0 Å². The fourth-order valence-corrected chi connectivity index (χ4v) is 15.9. The fourth-order valence-electron chi connectivity index (χ4n) is 15.9. The molecule has 0 aromatic heterocycles. The third kappa shape index (κ3) is 9.06. The lowest BCUT2D eigenvalue weighted by Gasteiger charge is -2.61. The van der Waals surface area contributed by atoms with Crippen molar-refractivity contribution in [1.29, 1.82) is 0 Å². The Morgan fingerprint density at radius 3 is 1.88 bits per heavy atom. The first-order valence-electron chi connectivity index (χ1n) is 26.7. The Bertz CT molecular complexity index is 1840. The van der Waals surface area contributed by atoms with Gasteiger partial charge in [-0.25, -0.2) is 0 Å². The average Bonchev–Trinajstić information content (AvgIpc) is 3.94. The van der Waals surface area contributed by atoms with Crippen LogP contribution in [0.25, 0.3) is 0 Å². The molecule has 0 aromatic rings. The molecule has 6 heterocycles. The average molecular weight is 1040 g/mol. The Balaban J connectivity index is 0.859. The van der Waals surface area contributed by atoms with Gasteiger partial charge in [0.2, 0.25) is 0 Å². The summed E-state index contributed by atoms with van der Waals surface area (Å²) in [6.45, 7) is 6.54. The summed E-state index contributed by atoms with van der Waals surface area (Å²) in [5.41, 5.74) is -1.90. The van der Waals surface area contributed by atoms with E-state index in [1.165, 1.54) is 0 Å². The van der Waals surface area contributed by atoms with Gasteiger partial charge >= 0.3 is 0 Å². The molecule has 22 nitrogen and oxygen atoms in total. The Morgan fingerprint density at radius 1 is 0.569 bits per heavy atom. The summed E-state index contributed by atoms with van der Waals surface area (Å²) >= 11 is 0. The molecule has 1 spiro atoms. The van der Waals surface area contributed by atoms with Crippen molar-refractivity contribution >= 4 is 0 Å². The summed E-state index contributed by atoms with van der Waals surface area (Å²) in [7, 11) is 0. The van der Waals surface area contributed by atoms with Crippen molar-refractivity contribution in [3.8, 4) is 0 Å². The molecular formula is C50H82O22. The molecule has 6 aliphatic heterocycles. The molecule has 0 amide bonds. The van der Waals surface area contributed by atoms with E-state index in [-0.39, 0.29) is 22.9 Å². The molecule has 12 N–H and O–H groups in total. The van der Waals surface area contributed by atoms with Crippen LogP contribution in [0.1, 0.15) is 91.9 Å². The Morgan fingerprint density at radius 2 is 1.21 bits per heavy atom. The van der Waals surface area contributed by atoms with Crippen LogP contribution in [0.4, 0.5) is 0 Å². The second kappa shape index (κ2) is 20.7. The second-order valence-electron chi connectivity index (χ2n) is 24.0. The van der Waals surface area contributed by atoms with Crippen molar-refractivity contribution in [2.24, 2.45) is 52.3 Å². The number of aliphatic hydroxyl groups excluding tert-OH is 11. The highest BCUT2D eigenvalue weighted by Gasteiger charge is 2.69. The van der Waals surface area contributed by atoms with Crippen molar-refractivity contribution in [2.75, 3.05) is 39.6 Å². The summed E-state index contributed by atoms with van der Waals surface area (Å²) in [5.74, 6) is 2.76. The number of rotatable bonds is 12. The highest BCUT2D eigenvalue weighted by atomic mass is 16.8. The molecule has 4 saturated carbocycles. The van der Waals surface area contributed by atoms with E-state index in [9.17, 15) is 61.3 Å². The summed E-state index contributed by atoms with van der Waals surface area (Å²) in [5, 5.41) is 129. The standard InChI is InChI=1S/C50H82O22/c1-21-7-12-50(64-18-21)22(2)32-28(72-50)14-27-25-6-5-23-13-24(8-10-47(23,3)26(25)9-11-48(27,32)4)65-45-41(71-43-37(59)35(57)33(55)29(15-51)66-43)40(34(56)30(16-52)67-45)70-44-38(60)36(58)39(31(17-53)68-44)69-46-42(61)49(62,19-54)20-63-46/h21-46,51-62H,5-20H2,1-4H3/t21-,22?,23?,24+,25-,26+,27+,28+,29-,30-,31-,32?,33-,34+,35+,36-,37-,38-,39-,40+,41-,42+,43+,44+,45-,46+,47+,48+,49-,50-/m1/s1. The SMILES string of the molecule is CC1C2[C@H](C[C@H]3[C@@H]4CCC5C[C@@H](O[C@@H]6O[C@H](CO)[C@H](O)[C@H](O[C@@H]7O[C@H](CO)[C@@H](O[C@@H]8OC[C@](O)(CO)[C@H]8O)[C@H](O)[C@H]7O)[C@H]6O[C@@H]6O[C@H](CO)[C@@H](O)[C@H](O)[C@H]6O)CC[C@]5(C)[C@H]4CC[C@]23C)O[C@]12CC[C@@H](C)CO2. The quantitative estimate of drug-likeness (QED) is 0.0918. The van der Waals surface area contributed by atoms with E-state index < -0.39 is 155 Å². The van der Waals surface area contributed by atoms with Gasteiger partial charge in [0.15, 0.2) is 30.9 Å².